The van der Waals surface area contributed by atoms with Crippen LogP contribution in [0, 0.1) is 5.82 Å². The van der Waals surface area contributed by atoms with Gasteiger partial charge in [-0.3, -0.25) is 4.90 Å². The van der Waals surface area contributed by atoms with Crippen molar-refractivity contribution in [3.05, 3.63) is 53.8 Å². The van der Waals surface area contributed by atoms with Crippen LogP contribution >= 0.6 is 0 Å². The predicted octanol–water partition coefficient (Wildman–Crippen LogP) is 5.32. The monoisotopic (exact) mass is 425 g/mol. The van der Waals surface area contributed by atoms with Crippen LogP contribution in [0.2, 0.25) is 0 Å². The standard InChI is InChI=1S/C26H36FN3O/c1-26(2,3)31-25-12-11-23(29-13-5-4-6-14-29)19-24(25)30-17-15-28(16-18-30)20-21-7-9-22(27)10-8-21/h7-12,19H,4-6,13-18,20H2,1-3H3. The molecule has 2 heterocycles. The lowest BCUT2D eigenvalue weighted by Gasteiger charge is -2.38. The molecule has 0 spiro atoms. The molecule has 2 aromatic carbocycles. The van der Waals surface area contributed by atoms with E-state index in [2.05, 4.69) is 53.7 Å². The molecule has 2 saturated heterocycles. The second-order valence-corrected chi connectivity index (χ2v) is 9.80. The zero-order valence-corrected chi connectivity index (χ0v) is 19.2. The quantitative estimate of drug-likeness (QED) is 0.646. The third-order valence-electron chi connectivity index (χ3n) is 6.11. The lowest BCUT2D eigenvalue weighted by atomic mass is 10.1. The number of nitrogens with zero attached hydrogens (tertiary/aromatic N) is 3. The fourth-order valence-electron chi connectivity index (χ4n) is 4.51. The Labute approximate surface area is 186 Å². The molecule has 168 valence electrons. The topological polar surface area (TPSA) is 19.0 Å². The van der Waals surface area contributed by atoms with E-state index in [0.29, 0.717) is 0 Å². The second-order valence-electron chi connectivity index (χ2n) is 9.80. The number of anilines is 2. The van der Waals surface area contributed by atoms with Gasteiger partial charge in [0.2, 0.25) is 0 Å². The van der Waals surface area contributed by atoms with Crippen molar-refractivity contribution in [2.45, 2.75) is 52.2 Å². The molecule has 0 aromatic heterocycles. The van der Waals surface area contributed by atoms with Gasteiger partial charge in [-0.05, 0) is 75.9 Å². The molecule has 0 N–H and O–H groups in total. The molecule has 0 saturated carbocycles. The molecule has 2 aliphatic rings. The average Bonchev–Trinajstić information content (AvgIpc) is 2.76. The first-order valence-corrected chi connectivity index (χ1v) is 11.7. The summed E-state index contributed by atoms with van der Waals surface area (Å²) in [5.74, 6) is 0.800. The molecule has 5 heteroatoms. The zero-order valence-electron chi connectivity index (χ0n) is 19.2. The van der Waals surface area contributed by atoms with Crippen LogP contribution in [0.1, 0.15) is 45.6 Å². The van der Waals surface area contributed by atoms with Gasteiger partial charge in [0.1, 0.15) is 17.2 Å². The van der Waals surface area contributed by atoms with Gasteiger partial charge in [0.25, 0.3) is 0 Å². The highest BCUT2D eigenvalue weighted by Gasteiger charge is 2.24. The molecule has 4 rings (SSSR count). The summed E-state index contributed by atoms with van der Waals surface area (Å²) in [6.07, 6.45) is 3.89. The molecule has 4 nitrogen and oxygen atoms in total. The first-order chi connectivity index (χ1) is 14.9. The maximum atomic E-state index is 13.2. The Hall–Kier alpha value is -2.27. The smallest absolute Gasteiger partial charge is 0.143 e. The van der Waals surface area contributed by atoms with Gasteiger partial charge in [-0.25, -0.2) is 4.39 Å². The Morgan fingerprint density at radius 3 is 2.13 bits per heavy atom. The zero-order chi connectivity index (χ0) is 21.8. The molecular formula is C26H36FN3O. The van der Waals surface area contributed by atoms with Crippen molar-refractivity contribution in [2.75, 3.05) is 49.1 Å². The summed E-state index contributed by atoms with van der Waals surface area (Å²) in [6.45, 7) is 13.4. The third kappa shape index (κ3) is 5.91. The molecule has 2 fully saturated rings. The number of halogens is 1. The number of ether oxygens (including phenoxy) is 1. The summed E-state index contributed by atoms with van der Waals surface area (Å²) in [5.41, 5.74) is 3.45. The Bertz CT molecular complexity index is 848. The highest BCUT2D eigenvalue weighted by Crippen LogP contribution is 2.36. The van der Waals surface area contributed by atoms with Crippen LogP contribution in [0.25, 0.3) is 0 Å². The minimum atomic E-state index is -0.230. The minimum Gasteiger partial charge on any atom is -0.486 e. The van der Waals surface area contributed by atoms with E-state index >= 15 is 0 Å². The molecule has 0 unspecified atom stereocenters. The van der Waals surface area contributed by atoms with Gasteiger partial charge in [-0.1, -0.05) is 12.1 Å². The van der Waals surface area contributed by atoms with Gasteiger partial charge >= 0.3 is 0 Å². The van der Waals surface area contributed by atoms with Gasteiger partial charge in [-0.15, -0.1) is 0 Å². The Kier molecular flexibility index (Phi) is 6.71. The van der Waals surface area contributed by atoms with E-state index in [0.717, 1.165) is 51.6 Å². The maximum Gasteiger partial charge on any atom is 0.143 e. The number of piperazine rings is 1. The van der Waals surface area contributed by atoms with Crippen LogP contribution in [-0.2, 0) is 6.54 Å². The van der Waals surface area contributed by atoms with Crippen LogP contribution in [0.3, 0.4) is 0 Å². The Morgan fingerprint density at radius 1 is 0.806 bits per heavy atom. The van der Waals surface area contributed by atoms with E-state index in [4.69, 9.17) is 4.74 Å². The van der Waals surface area contributed by atoms with Crippen molar-refractivity contribution in [3.63, 3.8) is 0 Å². The fraction of sp³-hybridized carbons (Fsp3) is 0.538. The molecular weight excluding hydrogens is 389 g/mol. The highest BCUT2D eigenvalue weighted by molar-refractivity contribution is 5.67. The predicted molar refractivity (Wildman–Crippen MR) is 127 cm³/mol. The molecule has 0 amide bonds. The van der Waals surface area contributed by atoms with Gasteiger partial charge in [0.15, 0.2) is 0 Å². The summed E-state index contributed by atoms with van der Waals surface area (Å²) < 4.78 is 19.5. The Morgan fingerprint density at radius 2 is 1.48 bits per heavy atom. The summed E-state index contributed by atoms with van der Waals surface area (Å²) in [5, 5.41) is 0. The van der Waals surface area contributed by atoms with E-state index < -0.39 is 0 Å². The number of hydrogen-bond acceptors (Lipinski definition) is 4. The normalized spacial score (nSPS) is 18.3. The largest absolute Gasteiger partial charge is 0.486 e. The summed E-state index contributed by atoms with van der Waals surface area (Å²) in [6, 6.07) is 13.6. The Balaban J connectivity index is 1.48. The van der Waals surface area contributed by atoms with E-state index in [1.165, 1.54) is 36.2 Å². The molecule has 0 bridgehead atoms. The average molecular weight is 426 g/mol. The fourth-order valence-corrected chi connectivity index (χ4v) is 4.51. The summed E-state index contributed by atoms with van der Waals surface area (Å²) in [7, 11) is 0. The number of benzene rings is 2. The van der Waals surface area contributed by atoms with Crippen molar-refractivity contribution in [3.8, 4) is 5.75 Å². The number of rotatable bonds is 5. The van der Waals surface area contributed by atoms with E-state index in [1.54, 1.807) is 12.1 Å². The summed E-state index contributed by atoms with van der Waals surface area (Å²) >= 11 is 0. The maximum absolute atomic E-state index is 13.2. The van der Waals surface area contributed by atoms with Crippen LogP contribution in [0.5, 0.6) is 5.75 Å². The van der Waals surface area contributed by atoms with Crippen LogP contribution in [0.4, 0.5) is 15.8 Å². The van der Waals surface area contributed by atoms with Crippen LogP contribution in [0.15, 0.2) is 42.5 Å². The van der Waals surface area contributed by atoms with E-state index in [-0.39, 0.29) is 11.4 Å². The lowest BCUT2D eigenvalue weighted by Crippen LogP contribution is -2.46. The number of piperidine rings is 1. The van der Waals surface area contributed by atoms with Crippen molar-refractivity contribution in [1.82, 2.24) is 4.90 Å². The molecule has 0 aliphatic carbocycles. The van der Waals surface area contributed by atoms with Crippen molar-refractivity contribution in [1.29, 1.82) is 0 Å². The van der Waals surface area contributed by atoms with E-state index in [1.807, 2.05) is 12.1 Å². The SMILES string of the molecule is CC(C)(C)Oc1ccc(N2CCCCC2)cc1N1CCN(Cc2ccc(F)cc2)CC1. The highest BCUT2D eigenvalue weighted by atomic mass is 19.1. The molecule has 0 radical (unpaired) electrons. The number of hydrogen-bond donors (Lipinski definition) is 0. The molecule has 0 atom stereocenters. The molecule has 2 aromatic rings. The van der Waals surface area contributed by atoms with Gasteiger partial charge in [0, 0.05) is 51.5 Å². The lowest BCUT2D eigenvalue weighted by molar-refractivity contribution is 0.131. The van der Waals surface area contributed by atoms with Gasteiger partial charge < -0.3 is 14.5 Å². The van der Waals surface area contributed by atoms with E-state index in [9.17, 15) is 4.39 Å². The van der Waals surface area contributed by atoms with Crippen LogP contribution in [-0.4, -0.2) is 49.8 Å². The third-order valence-corrected chi connectivity index (χ3v) is 6.11. The first-order valence-electron chi connectivity index (χ1n) is 11.7. The summed E-state index contributed by atoms with van der Waals surface area (Å²) in [4.78, 5) is 7.43. The second kappa shape index (κ2) is 9.47. The van der Waals surface area contributed by atoms with Crippen molar-refractivity contribution in [2.24, 2.45) is 0 Å². The van der Waals surface area contributed by atoms with Gasteiger partial charge in [0.05, 0.1) is 5.69 Å². The first kappa shape index (κ1) is 21.9. The van der Waals surface area contributed by atoms with Gasteiger partial charge in [-0.2, -0.15) is 0 Å². The van der Waals surface area contributed by atoms with Crippen molar-refractivity contribution >= 4 is 11.4 Å². The van der Waals surface area contributed by atoms with Crippen molar-refractivity contribution < 1.29 is 9.13 Å². The minimum absolute atomic E-state index is 0.173. The molecule has 31 heavy (non-hydrogen) atoms. The molecule has 2 aliphatic heterocycles. The van der Waals surface area contributed by atoms with Crippen LogP contribution < -0.4 is 14.5 Å².